The van der Waals surface area contributed by atoms with Crippen LogP contribution in [0.1, 0.15) is 17.2 Å². The average molecular weight is 328 g/mol. The number of hydrogen-bond donors (Lipinski definition) is 1. The number of alkyl halides is 4. The first-order valence-corrected chi connectivity index (χ1v) is 6.00. The summed E-state index contributed by atoms with van der Waals surface area (Å²) in [4.78, 5) is 0. The fraction of sp³-hybridized carbons (Fsp3) is 0.455. The third-order valence-electron chi connectivity index (χ3n) is 2.82. The zero-order valence-electron chi connectivity index (χ0n) is 9.10. The Bertz CT molecular complexity index is 467. The lowest BCUT2D eigenvalue weighted by molar-refractivity contribution is -0.144. The molecule has 1 aromatic rings. The molecular weight excluding hydrogens is 318 g/mol. The molecule has 0 fully saturated rings. The monoisotopic (exact) mass is 327 g/mol. The number of nitrogens with two attached hydrogens (primary N) is 1. The van der Waals surface area contributed by atoms with Crippen LogP contribution in [0.5, 0.6) is 5.75 Å². The lowest BCUT2D eigenvalue weighted by Gasteiger charge is -2.24. The molecular formula is C11H10BrF4NO. The normalized spacial score (nSPS) is 16.6. The van der Waals surface area contributed by atoms with Crippen molar-refractivity contribution >= 4 is 15.9 Å². The first-order chi connectivity index (χ1) is 8.34. The van der Waals surface area contributed by atoms with E-state index in [0.29, 0.717) is 23.1 Å². The van der Waals surface area contributed by atoms with Gasteiger partial charge in [-0.05, 0) is 17.7 Å². The zero-order chi connectivity index (χ0) is 13.5. The van der Waals surface area contributed by atoms with Crippen molar-refractivity contribution in [3.8, 4) is 5.75 Å². The molecule has 1 unspecified atom stereocenters. The van der Waals surface area contributed by atoms with E-state index in [1.807, 2.05) is 0 Å². The standard InChI is InChI=1S/C11H10BrF4NO/c12-6-3-5-1-2-18-8(5)7(4-6)9(17)11(15,16)10(13)14/h3-4,9-10H,1-2,17H2. The van der Waals surface area contributed by atoms with Crippen molar-refractivity contribution in [2.45, 2.75) is 24.8 Å². The minimum absolute atomic E-state index is 0.0952. The second-order valence-electron chi connectivity index (χ2n) is 4.03. The van der Waals surface area contributed by atoms with Crippen LogP contribution in [0.3, 0.4) is 0 Å². The van der Waals surface area contributed by atoms with Crippen molar-refractivity contribution in [3.05, 3.63) is 27.7 Å². The molecule has 0 amide bonds. The molecule has 18 heavy (non-hydrogen) atoms. The van der Waals surface area contributed by atoms with E-state index in [1.165, 1.54) is 6.07 Å². The number of rotatable bonds is 3. The number of benzene rings is 1. The molecule has 100 valence electrons. The molecule has 7 heteroatoms. The molecule has 2 rings (SSSR count). The summed E-state index contributed by atoms with van der Waals surface area (Å²) in [7, 11) is 0. The lowest BCUT2D eigenvalue weighted by atomic mass is 9.98. The van der Waals surface area contributed by atoms with Crippen LogP contribution in [0.2, 0.25) is 0 Å². The molecule has 1 heterocycles. The van der Waals surface area contributed by atoms with Crippen LogP contribution in [-0.4, -0.2) is 19.0 Å². The second kappa shape index (κ2) is 4.70. The highest BCUT2D eigenvalue weighted by Crippen LogP contribution is 2.42. The van der Waals surface area contributed by atoms with Crippen LogP contribution in [0.4, 0.5) is 17.6 Å². The highest BCUT2D eigenvalue weighted by molar-refractivity contribution is 9.10. The van der Waals surface area contributed by atoms with Crippen molar-refractivity contribution in [2.75, 3.05) is 6.61 Å². The van der Waals surface area contributed by atoms with Crippen LogP contribution in [0.25, 0.3) is 0 Å². The third kappa shape index (κ3) is 2.21. The molecule has 1 aliphatic heterocycles. The number of ether oxygens (including phenoxy) is 1. The predicted molar refractivity (Wildman–Crippen MR) is 61.2 cm³/mol. The Morgan fingerprint density at radius 3 is 2.61 bits per heavy atom. The number of fused-ring (bicyclic) bond motifs is 1. The fourth-order valence-electron chi connectivity index (χ4n) is 1.87. The van der Waals surface area contributed by atoms with Gasteiger partial charge in [0.15, 0.2) is 0 Å². The average Bonchev–Trinajstić information content (AvgIpc) is 2.74. The molecule has 1 atom stereocenters. The van der Waals surface area contributed by atoms with Gasteiger partial charge in [0.05, 0.1) is 6.61 Å². The smallest absolute Gasteiger partial charge is 0.326 e. The Kier molecular flexibility index (Phi) is 3.55. The maximum absolute atomic E-state index is 13.3. The lowest BCUT2D eigenvalue weighted by Crippen LogP contribution is -2.39. The topological polar surface area (TPSA) is 35.2 Å². The van der Waals surface area contributed by atoms with Crippen LogP contribution in [0, 0.1) is 0 Å². The van der Waals surface area contributed by atoms with E-state index in [2.05, 4.69) is 15.9 Å². The minimum atomic E-state index is -4.29. The molecule has 0 aromatic heterocycles. The molecule has 0 bridgehead atoms. The van der Waals surface area contributed by atoms with Crippen molar-refractivity contribution in [1.29, 1.82) is 0 Å². The Labute approximate surface area is 109 Å². The SMILES string of the molecule is NC(c1cc(Br)cc2c1OCC2)C(F)(F)C(F)F. The first kappa shape index (κ1) is 13.6. The minimum Gasteiger partial charge on any atom is -0.493 e. The Morgan fingerprint density at radius 2 is 2.00 bits per heavy atom. The van der Waals surface area contributed by atoms with Crippen molar-refractivity contribution in [2.24, 2.45) is 5.73 Å². The van der Waals surface area contributed by atoms with E-state index in [9.17, 15) is 17.6 Å². The van der Waals surface area contributed by atoms with Gasteiger partial charge in [-0.1, -0.05) is 15.9 Å². The highest BCUT2D eigenvalue weighted by atomic mass is 79.9. The molecule has 0 spiro atoms. The van der Waals surface area contributed by atoms with Crippen molar-refractivity contribution in [3.63, 3.8) is 0 Å². The van der Waals surface area contributed by atoms with Gasteiger partial charge in [0, 0.05) is 16.5 Å². The van der Waals surface area contributed by atoms with Gasteiger partial charge in [-0.25, -0.2) is 8.78 Å². The van der Waals surface area contributed by atoms with E-state index >= 15 is 0 Å². The summed E-state index contributed by atoms with van der Waals surface area (Å²) in [6.45, 7) is 0.339. The molecule has 0 aliphatic carbocycles. The summed E-state index contributed by atoms with van der Waals surface area (Å²) < 4.78 is 56.9. The number of halogens is 5. The summed E-state index contributed by atoms with van der Waals surface area (Å²) in [6, 6.07) is 0.909. The fourth-order valence-corrected chi connectivity index (χ4v) is 2.39. The van der Waals surface area contributed by atoms with Gasteiger partial charge in [0.25, 0.3) is 0 Å². The summed E-state index contributed by atoms with van der Waals surface area (Å²) in [5, 5.41) is 0. The van der Waals surface area contributed by atoms with Crippen LogP contribution in [0.15, 0.2) is 16.6 Å². The van der Waals surface area contributed by atoms with Gasteiger partial charge in [-0.2, -0.15) is 8.78 Å². The zero-order valence-corrected chi connectivity index (χ0v) is 10.7. The van der Waals surface area contributed by atoms with Crippen molar-refractivity contribution < 1.29 is 22.3 Å². The van der Waals surface area contributed by atoms with E-state index in [0.717, 1.165) is 0 Å². The summed E-state index contributed by atoms with van der Waals surface area (Å²) >= 11 is 3.14. The summed E-state index contributed by atoms with van der Waals surface area (Å²) in [5.74, 6) is -4.09. The quantitative estimate of drug-likeness (QED) is 0.865. The van der Waals surface area contributed by atoms with Gasteiger partial charge in [0.1, 0.15) is 11.8 Å². The third-order valence-corrected chi connectivity index (χ3v) is 3.28. The first-order valence-electron chi connectivity index (χ1n) is 5.20. The highest BCUT2D eigenvalue weighted by Gasteiger charge is 2.49. The van der Waals surface area contributed by atoms with E-state index in [4.69, 9.17) is 10.5 Å². The van der Waals surface area contributed by atoms with Gasteiger partial charge in [-0.15, -0.1) is 0 Å². The van der Waals surface area contributed by atoms with Crippen LogP contribution >= 0.6 is 15.9 Å². The molecule has 1 aliphatic rings. The van der Waals surface area contributed by atoms with Crippen LogP contribution < -0.4 is 10.5 Å². The Morgan fingerprint density at radius 1 is 1.33 bits per heavy atom. The second-order valence-corrected chi connectivity index (χ2v) is 4.95. The van der Waals surface area contributed by atoms with E-state index < -0.39 is 18.4 Å². The van der Waals surface area contributed by atoms with Crippen molar-refractivity contribution in [1.82, 2.24) is 0 Å². The van der Waals surface area contributed by atoms with Gasteiger partial charge < -0.3 is 10.5 Å². The molecule has 1 aromatic carbocycles. The van der Waals surface area contributed by atoms with Gasteiger partial charge in [0.2, 0.25) is 0 Å². The van der Waals surface area contributed by atoms with Crippen LogP contribution in [-0.2, 0) is 6.42 Å². The van der Waals surface area contributed by atoms with Gasteiger partial charge in [-0.3, -0.25) is 0 Å². The Balaban J connectivity index is 2.46. The maximum atomic E-state index is 13.3. The van der Waals surface area contributed by atoms with E-state index in [-0.39, 0.29) is 11.3 Å². The van der Waals surface area contributed by atoms with Gasteiger partial charge >= 0.3 is 12.3 Å². The molecule has 0 saturated heterocycles. The number of hydrogen-bond acceptors (Lipinski definition) is 2. The molecule has 2 nitrogen and oxygen atoms in total. The van der Waals surface area contributed by atoms with E-state index in [1.54, 1.807) is 6.07 Å². The largest absolute Gasteiger partial charge is 0.493 e. The Hall–Kier alpha value is -0.820. The predicted octanol–water partition coefficient (Wildman–Crippen LogP) is 3.28. The summed E-state index contributed by atoms with van der Waals surface area (Å²) in [6.07, 6.45) is -3.27. The molecule has 0 saturated carbocycles. The maximum Gasteiger partial charge on any atom is 0.326 e. The summed E-state index contributed by atoms with van der Waals surface area (Å²) in [5.41, 5.74) is 5.88. The molecule has 2 N–H and O–H groups in total. The molecule has 0 radical (unpaired) electrons.